The van der Waals surface area contributed by atoms with E-state index in [1.807, 2.05) is 36.4 Å². The number of phenols is 1. The lowest BCUT2D eigenvalue weighted by Gasteiger charge is -2.13. The Labute approximate surface area is 233 Å². The van der Waals surface area contributed by atoms with Crippen molar-refractivity contribution >= 4 is 56.1 Å². The van der Waals surface area contributed by atoms with E-state index in [4.69, 9.17) is 4.74 Å². The Bertz CT molecular complexity index is 1880. The second kappa shape index (κ2) is 11.1. The largest absolute Gasteiger partial charge is 0.505 e. The number of methoxy groups -OCH3 is 1. The highest BCUT2D eigenvalue weighted by molar-refractivity contribution is 6.14. The number of nitro groups is 1. The average Bonchev–Trinajstić information content (AvgIpc) is 2.99. The van der Waals surface area contributed by atoms with Gasteiger partial charge in [0, 0.05) is 35.1 Å². The monoisotopic (exact) mass is 549 g/mol. The van der Waals surface area contributed by atoms with Gasteiger partial charge in [-0.15, -0.1) is 10.2 Å². The number of azo groups is 1. The number of hydrogen-bond acceptors (Lipinski definition) is 8. The topological polar surface area (TPSA) is 156 Å². The lowest BCUT2D eigenvalue weighted by Crippen LogP contribution is -2.17. The molecule has 0 radical (unpaired) electrons. The second-order valence-electron chi connectivity index (χ2n) is 8.93. The molecule has 0 aliphatic carbocycles. The number of aromatic hydroxyl groups is 1. The molecule has 3 N–H and O–H groups in total. The van der Waals surface area contributed by atoms with Gasteiger partial charge in [0.2, 0.25) is 0 Å². The van der Waals surface area contributed by atoms with E-state index >= 15 is 0 Å². The van der Waals surface area contributed by atoms with E-state index in [1.54, 1.807) is 24.3 Å². The van der Waals surface area contributed by atoms with Crippen LogP contribution in [-0.4, -0.2) is 36.0 Å². The molecule has 0 saturated carbocycles. The highest BCUT2D eigenvalue weighted by atomic mass is 16.6. The number of rotatable bonds is 7. The third kappa shape index (κ3) is 5.23. The van der Waals surface area contributed by atoms with Crippen molar-refractivity contribution in [2.24, 2.45) is 10.2 Å². The van der Waals surface area contributed by atoms with Gasteiger partial charge in [-0.05, 0) is 41.1 Å². The summed E-state index contributed by atoms with van der Waals surface area (Å²) in [6, 6.07) is 23.0. The number of phenolic OH excluding ortho intramolecular Hbond substituents is 1. The predicted octanol–water partition coefficient (Wildman–Crippen LogP) is 6.64. The highest BCUT2D eigenvalue weighted by Gasteiger charge is 2.21. The first kappa shape index (κ1) is 26.8. The summed E-state index contributed by atoms with van der Waals surface area (Å²) in [6.07, 6.45) is 0. The zero-order valence-corrected chi connectivity index (χ0v) is 21.9. The van der Waals surface area contributed by atoms with Crippen molar-refractivity contribution in [1.29, 1.82) is 0 Å². The van der Waals surface area contributed by atoms with E-state index in [2.05, 4.69) is 20.9 Å². The van der Waals surface area contributed by atoms with E-state index in [-0.39, 0.29) is 34.3 Å². The number of carbonyl (C=O) groups excluding carboxylic acids is 2. The van der Waals surface area contributed by atoms with Gasteiger partial charge in [0.1, 0.15) is 11.4 Å². The molecule has 0 unspecified atom stereocenters. The van der Waals surface area contributed by atoms with Gasteiger partial charge < -0.3 is 20.5 Å². The number of fused-ring (bicyclic) bond motifs is 2. The molecule has 11 heteroatoms. The first-order valence-corrected chi connectivity index (χ1v) is 12.4. The summed E-state index contributed by atoms with van der Waals surface area (Å²) in [6.45, 7) is 0. The van der Waals surface area contributed by atoms with E-state index in [0.717, 1.165) is 10.8 Å². The molecular formula is C30H23N5O6. The van der Waals surface area contributed by atoms with Crippen LogP contribution in [0, 0.1) is 10.1 Å². The number of carbonyl (C=O) groups is 2. The summed E-state index contributed by atoms with van der Waals surface area (Å²) in [5, 5.41) is 38.9. The van der Waals surface area contributed by atoms with Crippen molar-refractivity contribution in [3.05, 3.63) is 106 Å². The fourth-order valence-corrected chi connectivity index (χ4v) is 4.43. The third-order valence-corrected chi connectivity index (χ3v) is 6.49. The molecule has 0 aromatic heterocycles. The van der Waals surface area contributed by atoms with Gasteiger partial charge >= 0.3 is 0 Å². The molecule has 41 heavy (non-hydrogen) atoms. The molecule has 0 spiro atoms. The summed E-state index contributed by atoms with van der Waals surface area (Å²) in [7, 11) is 2.84. The lowest BCUT2D eigenvalue weighted by molar-refractivity contribution is -0.384. The molecule has 0 fully saturated rings. The average molecular weight is 550 g/mol. The maximum absolute atomic E-state index is 13.5. The van der Waals surface area contributed by atoms with Crippen LogP contribution in [0.25, 0.3) is 21.5 Å². The number of amides is 2. The second-order valence-corrected chi connectivity index (χ2v) is 8.93. The zero-order valence-electron chi connectivity index (χ0n) is 21.9. The highest BCUT2D eigenvalue weighted by Crippen LogP contribution is 2.41. The van der Waals surface area contributed by atoms with Crippen molar-refractivity contribution in [2.45, 2.75) is 0 Å². The number of nitro benzene ring substituents is 1. The van der Waals surface area contributed by atoms with E-state index in [1.165, 1.54) is 38.4 Å². The third-order valence-electron chi connectivity index (χ3n) is 6.49. The van der Waals surface area contributed by atoms with Crippen molar-refractivity contribution in [2.75, 3.05) is 19.5 Å². The van der Waals surface area contributed by atoms with Crippen LogP contribution >= 0.6 is 0 Å². The summed E-state index contributed by atoms with van der Waals surface area (Å²) in [4.78, 5) is 36.4. The van der Waals surface area contributed by atoms with Gasteiger partial charge in [-0.1, -0.05) is 42.5 Å². The van der Waals surface area contributed by atoms with Crippen LogP contribution < -0.4 is 15.4 Å². The molecule has 5 aromatic rings. The first-order chi connectivity index (χ1) is 19.8. The number of nitrogens with one attached hydrogen (secondary N) is 2. The van der Waals surface area contributed by atoms with Gasteiger partial charge in [0.15, 0.2) is 11.5 Å². The number of benzene rings is 5. The van der Waals surface area contributed by atoms with Gasteiger partial charge in [0.25, 0.3) is 17.5 Å². The van der Waals surface area contributed by atoms with Crippen molar-refractivity contribution in [3.63, 3.8) is 0 Å². The number of hydrogen-bond donors (Lipinski definition) is 3. The molecule has 11 nitrogen and oxygen atoms in total. The molecule has 5 aromatic carbocycles. The van der Waals surface area contributed by atoms with Crippen molar-refractivity contribution in [1.82, 2.24) is 5.32 Å². The summed E-state index contributed by atoms with van der Waals surface area (Å²) < 4.78 is 5.23. The van der Waals surface area contributed by atoms with Gasteiger partial charge in [0.05, 0.1) is 23.7 Å². The van der Waals surface area contributed by atoms with Crippen LogP contribution in [0.5, 0.6) is 11.5 Å². The van der Waals surface area contributed by atoms with Gasteiger partial charge in [-0.2, -0.15) is 0 Å². The van der Waals surface area contributed by atoms with Crippen LogP contribution in [0.15, 0.2) is 95.2 Å². The van der Waals surface area contributed by atoms with Crippen LogP contribution in [0.2, 0.25) is 0 Å². The SMILES string of the molecule is CNC(=O)c1ccc2c(N=Nc3ccc([N+](=O)[O-])cc3OC)c(O)c(C(=O)Nc3cccc4ccccc34)cc2c1. The Balaban J connectivity index is 1.63. The smallest absolute Gasteiger partial charge is 0.273 e. The minimum absolute atomic E-state index is 0.0329. The molecule has 5 rings (SSSR count). The molecular weight excluding hydrogens is 526 g/mol. The molecule has 0 bridgehead atoms. The van der Waals surface area contributed by atoms with Gasteiger partial charge in [-0.3, -0.25) is 19.7 Å². The normalized spacial score (nSPS) is 11.1. The van der Waals surface area contributed by atoms with Crippen LogP contribution in [0.1, 0.15) is 20.7 Å². The zero-order chi connectivity index (χ0) is 29.1. The maximum atomic E-state index is 13.5. The molecule has 2 amide bonds. The van der Waals surface area contributed by atoms with Crippen LogP contribution in [-0.2, 0) is 0 Å². The maximum Gasteiger partial charge on any atom is 0.273 e. The molecule has 0 atom stereocenters. The summed E-state index contributed by atoms with van der Waals surface area (Å²) in [5.41, 5.74) is 0.733. The van der Waals surface area contributed by atoms with Crippen LogP contribution in [0.4, 0.5) is 22.7 Å². The number of anilines is 1. The van der Waals surface area contributed by atoms with Crippen molar-refractivity contribution < 1.29 is 24.4 Å². The van der Waals surface area contributed by atoms with Gasteiger partial charge in [-0.25, -0.2) is 0 Å². The van der Waals surface area contributed by atoms with Crippen LogP contribution in [0.3, 0.4) is 0 Å². The quantitative estimate of drug-likeness (QED) is 0.117. The first-order valence-electron chi connectivity index (χ1n) is 12.4. The Morgan fingerprint density at radius 2 is 1.66 bits per heavy atom. The fraction of sp³-hybridized carbons (Fsp3) is 0.0667. The molecule has 204 valence electrons. The minimum atomic E-state index is -0.601. The molecule has 0 aliphatic heterocycles. The Morgan fingerprint density at radius 3 is 2.41 bits per heavy atom. The van der Waals surface area contributed by atoms with E-state index in [0.29, 0.717) is 22.0 Å². The summed E-state index contributed by atoms with van der Waals surface area (Å²) in [5.74, 6) is -1.28. The van der Waals surface area contributed by atoms with E-state index in [9.17, 15) is 24.8 Å². The van der Waals surface area contributed by atoms with E-state index < -0.39 is 16.6 Å². The van der Waals surface area contributed by atoms with Crippen molar-refractivity contribution in [3.8, 4) is 11.5 Å². The summed E-state index contributed by atoms with van der Waals surface area (Å²) >= 11 is 0. The Hall–Kier alpha value is -5.84. The number of non-ortho nitro benzene ring substituents is 1. The predicted molar refractivity (Wildman–Crippen MR) is 155 cm³/mol. The Morgan fingerprint density at radius 1 is 0.878 bits per heavy atom. The molecule has 0 heterocycles. The number of ether oxygens (including phenoxy) is 1. The standard InChI is InChI=1S/C30H23N5O6/c1-31-29(37)18-10-12-22-19(14-18)15-23(30(38)32-24-9-5-7-17-6-3-4-8-21(17)24)28(36)27(22)34-33-25-13-11-20(35(39)40)16-26(25)41-2/h3-16,36H,1-2H3,(H,31,37)(H,32,38). The minimum Gasteiger partial charge on any atom is -0.505 e. The molecule has 0 aliphatic rings. The lowest BCUT2D eigenvalue weighted by atomic mass is 10.00. The Kier molecular flexibility index (Phi) is 7.25. The molecule has 0 saturated heterocycles. The fourth-order valence-electron chi connectivity index (χ4n) is 4.43. The number of nitrogens with zero attached hydrogens (tertiary/aromatic N) is 3.